The maximum absolute atomic E-state index is 12.5. The van der Waals surface area contributed by atoms with Crippen molar-refractivity contribution >= 4 is 5.91 Å². The Morgan fingerprint density at radius 1 is 1.14 bits per heavy atom. The Balaban J connectivity index is 1.71. The standard InChI is InChI=1S/C15H24F3NO2/c16-15(17,18)14(21)12-7-9-19(10-8-12)13(20)6-5-11-3-1-2-4-11/h11-12,14,21H,1-10H2. The first-order valence-corrected chi connectivity index (χ1v) is 7.90. The van der Waals surface area contributed by atoms with Crippen molar-refractivity contribution in [3.8, 4) is 0 Å². The average Bonchev–Trinajstić information content (AvgIpc) is 2.96. The van der Waals surface area contributed by atoms with Crippen molar-refractivity contribution in [2.24, 2.45) is 11.8 Å². The van der Waals surface area contributed by atoms with Crippen molar-refractivity contribution in [2.45, 2.75) is 63.6 Å². The maximum Gasteiger partial charge on any atom is 0.414 e. The van der Waals surface area contributed by atoms with Crippen LogP contribution in [0.25, 0.3) is 0 Å². The highest BCUT2D eigenvalue weighted by Gasteiger charge is 2.44. The van der Waals surface area contributed by atoms with Crippen LogP contribution in [0.1, 0.15) is 51.4 Å². The Labute approximate surface area is 123 Å². The highest BCUT2D eigenvalue weighted by Crippen LogP contribution is 2.32. The number of alkyl halides is 3. The number of piperidine rings is 1. The Bertz CT molecular complexity index is 345. The van der Waals surface area contributed by atoms with Crippen LogP contribution in [0.2, 0.25) is 0 Å². The molecular weight excluding hydrogens is 283 g/mol. The second kappa shape index (κ2) is 6.99. The van der Waals surface area contributed by atoms with E-state index in [0.717, 1.165) is 6.42 Å². The van der Waals surface area contributed by atoms with Crippen molar-refractivity contribution in [3.05, 3.63) is 0 Å². The molecule has 1 saturated heterocycles. The van der Waals surface area contributed by atoms with E-state index in [1.807, 2.05) is 0 Å². The van der Waals surface area contributed by atoms with Gasteiger partial charge >= 0.3 is 6.18 Å². The predicted octanol–water partition coefficient (Wildman–Crippen LogP) is 3.12. The van der Waals surface area contributed by atoms with Crippen LogP contribution in [-0.2, 0) is 4.79 Å². The summed E-state index contributed by atoms with van der Waals surface area (Å²) in [7, 11) is 0. The average molecular weight is 307 g/mol. The number of hydrogen-bond donors (Lipinski definition) is 1. The van der Waals surface area contributed by atoms with Crippen LogP contribution in [0.4, 0.5) is 13.2 Å². The first-order valence-electron chi connectivity index (χ1n) is 7.90. The van der Waals surface area contributed by atoms with Crippen LogP contribution < -0.4 is 0 Å². The Hall–Kier alpha value is -0.780. The smallest absolute Gasteiger partial charge is 0.383 e. The van der Waals surface area contributed by atoms with Crippen molar-refractivity contribution < 1.29 is 23.1 Å². The molecule has 1 aliphatic heterocycles. The van der Waals surface area contributed by atoms with E-state index in [9.17, 15) is 23.1 Å². The minimum absolute atomic E-state index is 0.0573. The molecule has 21 heavy (non-hydrogen) atoms. The molecule has 1 aliphatic carbocycles. The third-order valence-corrected chi connectivity index (χ3v) is 4.92. The number of rotatable bonds is 4. The molecule has 1 heterocycles. The van der Waals surface area contributed by atoms with Gasteiger partial charge in [-0.1, -0.05) is 25.7 Å². The molecule has 1 amide bonds. The van der Waals surface area contributed by atoms with Crippen LogP contribution in [-0.4, -0.2) is 41.3 Å². The molecule has 0 aromatic heterocycles. The molecule has 122 valence electrons. The SMILES string of the molecule is O=C(CCC1CCCC1)N1CCC(C(O)C(F)(F)F)CC1. The van der Waals surface area contributed by atoms with Gasteiger partial charge in [-0.05, 0) is 31.1 Å². The van der Waals surface area contributed by atoms with Gasteiger partial charge < -0.3 is 10.0 Å². The molecule has 0 bridgehead atoms. The van der Waals surface area contributed by atoms with E-state index in [1.54, 1.807) is 4.90 Å². The number of carbonyl (C=O) groups is 1. The molecule has 2 fully saturated rings. The number of likely N-dealkylation sites (tertiary alicyclic amines) is 1. The van der Waals surface area contributed by atoms with E-state index in [2.05, 4.69) is 0 Å². The molecule has 6 heteroatoms. The van der Waals surface area contributed by atoms with Crippen LogP contribution in [0, 0.1) is 11.8 Å². The van der Waals surface area contributed by atoms with Crippen molar-refractivity contribution in [2.75, 3.05) is 13.1 Å². The number of aliphatic hydroxyl groups excluding tert-OH is 1. The van der Waals surface area contributed by atoms with Gasteiger partial charge in [0.05, 0.1) is 0 Å². The number of carbonyl (C=O) groups excluding carboxylic acids is 1. The Kier molecular flexibility index (Phi) is 5.52. The predicted molar refractivity (Wildman–Crippen MR) is 72.6 cm³/mol. The fourth-order valence-corrected chi connectivity index (χ4v) is 3.52. The van der Waals surface area contributed by atoms with Crippen molar-refractivity contribution in [3.63, 3.8) is 0 Å². The summed E-state index contributed by atoms with van der Waals surface area (Å²) in [5.74, 6) is -0.0655. The highest BCUT2D eigenvalue weighted by molar-refractivity contribution is 5.76. The van der Waals surface area contributed by atoms with E-state index < -0.39 is 18.2 Å². The zero-order chi connectivity index (χ0) is 15.5. The van der Waals surface area contributed by atoms with Gasteiger partial charge in [-0.3, -0.25) is 4.79 Å². The molecule has 2 rings (SSSR count). The summed E-state index contributed by atoms with van der Waals surface area (Å²) in [4.78, 5) is 13.7. The third-order valence-electron chi connectivity index (χ3n) is 4.92. The van der Waals surface area contributed by atoms with Crippen LogP contribution in [0.15, 0.2) is 0 Å². The van der Waals surface area contributed by atoms with Crippen LogP contribution in [0.3, 0.4) is 0 Å². The van der Waals surface area contributed by atoms with E-state index in [-0.39, 0.29) is 18.7 Å². The molecule has 1 atom stereocenters. The lowest BCUT2D eigenvalue weighted by atomic mass is 9.90. The Morgan fingerprint density at radius 3 is 2.24 bits per heavy atom. The van der Waals surface area contributed by atoms with Crippen molar-refractivity contribution in [1.29, 1.82) is 0 Å². The summed E-state index contributed by atoms with van der Waals surface area (Å²) in [5, 5.41) is 9.25. The minimum atomic E-state index is -4.56. The lowest BCUT2D eigenvalue weighted by Crippen LogP contribution is -2.45. The largest absolute Gasteiger partial charge is 0.414 e. The molecular formula is C15H24F3NO2. The minimum Gasteiger partial charge on any atom is -0.383 e. The summed E-state index contributed by atoms with van der Waals surface area (Å²) >= 11 is 0. The second-order valence-corrected chi connectivity index (χ2v) is 6.39. The molecule has 0 radical (unpaired) electrons. The summed E-state index contributed by atoms with van der Waals surface area (Å²) in [6.45, 7) is 0.669. The van der Waals surface area contributed by atoms with E-state index in [4.69, 9.17) is 0 Å². The number of halogens is 3. The van der Waals surface area contributed by atoms with E-state index in [0.29, 0.717) is 25.4 Å². The maximum atomic E-state index is 12.5. The van der Waals surface area contributed by atoms with Gasteiger partial charge in [0.25, 0.3) is 0 Å². The molecule has 0 aromatic rings. The Morgan fingerprint density at radius 2 is 1.71 bits per heavy atom. The fraction of sp³-hybridized carbons (Fsp3) is 0.933. The lowest BCUT2D eigenvalue weighted by Gasteiger charge is -2.35. The third kappa shape index (κ3) is 4.59. The molecule has 1 N–H and O–H groups in total. The first-order chi connectivity index (χ1) is 9.88. The van der Waals surface area contributed by atoms with Gasteiger partial charge in [-0.25, -0.2) is 0 Å². The summed E-state index contributed by atoms with van der Waals surface area (Å²) in [5.41, 5.74) is 0. The molecule has 0 spiro atoms. The van der Waals surface area contributed by atoms with E-state index >= 15 is 0 Å². The second-order valence-electron chi connectivity index (χ2n) is 6.39. The highest BCUT2D eigenvalue weighted by atomic mass is 19.4. The topological polar surface area (TPSA) is 40.5 Å². The number of nitrogens with zero attached hydrogens (tertiary/aromatic N) is 1. The van der Waals surface area contributed by atoms with Gasteiger partial charge in [0.2, 0.25) is 5.91 Å². The van der Waals surface area contributed by atoms with Gasteiger partial charge in [0, 0.05) is 19.5 Å². The van der Waals surface area contributed by atoms with Crippen molar-refractivity contribution in [1.82, 2.24) is 4.90 Å². The summed E-state index contributed by atoms with van der Waals surface area (Å²) in [6, 6.07) is 0. The van der Waals surface area contributed by atoms with Crippen LogP contribution in [0.5, 0.6) is 0 Å². The monoisotopic (exact) mass is 307 g/mol. The number of hydrogen-bond acceptors (Lipinski definition) is 2. The number of aliphatic hydroxyl groups is 1. The molecule has 1 saturated carbocycles. The molecule has 2 aliphatic rings. The number of amides is 1. The normalized spacial score (nSPS) is 23.5. The fourth-order valence-electron chi connectivity index (χ4n) is 3.52. The zero-order valence-electron chi connectivity index (χ0n) is 12.2. The molecule has 3 nitrogen and oxygen atoms in total. The zero-order valence-corrected chi connectivity index (χ0v) is 12.2. The van der Waals surface area contributed by atoms with Crippen LogP contribution >= 0.6 is 0 Å². The molecule has 0 aromatic carbocycles. The summed E-state index contributed by atoms with van der Waals surface area (Å²) < 4.78 is 37.4. The van der Waals surface area contributed by atoms with Gasteiger partial charge in [-0.2, -0.15) is 13.2 Å². The van der Waals surface area contributed by atoms with Gasteiger partial charge in [-0.15, -0.1) is 0 Å². The quantitative estimate of drug-likeness (QED) is 0.867. The van der Waals surface area contributed by atoms with Gasteiger partial charge in [0.15, 0.2) is 6.10 Å². The van der Waals surface area contributed by atoms with E-state index in [1.165, 1.54) is 25.7 Å². The first kappa shape index (κ1) is 16.6. The lowest BCUT2D eigenvalue weighted by molar-refractivity contribution is -0.222. The molecule has 1 unspecified atom stereocenters. The summed E-state index contributed by atoms with van der Waals surface area (Å²) in [6.07, 6.45) is -0.0286. The van der Waals surface area contributed by atoms with Gasteiger partial charge in [0.1, 0.15) is 0 Å².